The zero-order valence-electron chi connectivity index (χ0n) is 11.7. The zero-order chi connectivity index (χ0) is 14.6. The molecule has 0 radical (unpaired) electrons. The molecule has 0 fully saturated rings. The van der Waals surface area contributed by atoms with Gasteiger partial charge in [0.1, 0.15) is 5.82 Å². The lowest BCUT2D eigenvalue weighted by atomic mass is 10.3. The molecule has 2 nitrogen and oxygen atoms in total. The molecule has 18 heavy (non-hydrogen) atoms. The molecule has 0 aliphatic carbocycles. The Hall–Kier alpha value is -0.550. The topological polar surface area (TPSA) is 34.1 Å². The van der Waals surface area contributed by atoms with Crippen molar-refractivity contribution in [3.63, 3.8) is 0 Å². The number of hydrogen-bond acceptors (Lipinski definition) is 3. The molecule has 0 spiro atoms. The van der Waals surface area contributed by atoms with Gasteiger partial charge < -0.3 is 0 Å². The van der Waals surface area contributed by atoms with Gasteiger partial charge in [0.25, 0.3) is 0 Å². The van der Waals surface area contributed by atoms with E-state index < -0.39 is 15.7 Å². The zero-order valence-corrected chi connectivity index (χ0v) is 13.4. The molecule has 0 aliphatic rings. The Morgan fingerprint density at radius 2 is 1.67 bits per heavy atom. The summed E-state index contributed by atoms with van der Waals surface area (Å²) in [4.78, 5) is 0.489. The van der Waals surface area contributed by atoms with Crippen LogP contribution in [0, 0.1) is 5.82 Å². The van der Waals surface area contributed by atoms with Crippen LogP contribution in [0.4, 0.5) is 4.39 Å². The molecule has 0 bridgehead atoms. The van der Waals surface area contributed by atoms with Crippen LogP contribution in [0.15, 0.2) is 28.0 Å². The van der Waals surface area contributed by atoms with Crippen LogP contribution in [0.5, 0.6) is 0 Å². The van der Waals surface area contributed by atoms with Gasteiger partial charge in [0, 0.05) is 15.9 Å². The van der Waals surface area contributed by atoms with Crippen LogP contribution in [0.25, 0.3) is 0 Å². The van der Waals surface area contributed by atoms with Gasteiger partial charge in [-0.25, -0.2) is 12.8 Å². The second kappa shape index (κ2) is 6.57. The van der Waals surface area contributed by atoms with Gasteiger partial charge >= 0.3 is 0 Å². The Balaban J connectivity index is 0.00000137. The molecule has 1 aromatic rings. The maximum atomic E-state index is 13.6. The van der Waals surface area contributed by atoms with Gasteiger partial charge in [-0.1, -0.05) is 34.6 Å². The van der Waals surface area contributed by atoms with Crippen LogP contribution < -0.4 is 0 Å². The first-order valence-electron chi connectivity index (χ1n) is 5.78. The number of halogens is 1. The minimum absolute atomic E-state index is 0.0169. The van der Waals surface area contributed by atoms with Gasteiger partial charge in [0.15, 0.2) is 9.84 Å². The van der Waals surface area contributed by atoms with E-state index in [2.05, 4.69) is 0 Å². The molecule has 0 atom stereocenters. The van der Waals surface area contributed by atoms with Crippen LogP contribution in [0.3, 0.4) is 0 Å². The van der Waals surface area contributed by atoms with Crippen molar-refractivity contribution in [1.29, 1.82) is 0 Å². The lowest BCUT2D eigenvalue weighted by Crippen LogP contribution is -2.07. The highest BCUT2D eigenvalue weighted by molar-refractivity contribution is 8.00. The fourth-order valence-corrected chi connectivity index (χ4v) is 2.71. The van der Waals surface area contributed by atoms with Crippen LogP contribution in [0.1, 0.15) is 34.6 Å². The van der Waals surface area contributed by atoms with Gasteiger partial charge in [0.2, 0.25) is 0 Å². The Morgan fingerprint density at radius 1 is 1.17 bits per heavy atom. The van der Waals surface area contributed by atoms with E-state index in [0.717, 1.165) is 12.3 Å². The third kappa shape index (κ3) is 5.87. The summed E-state index contributed by atoms with van der Waals surface area (Å²) in [5, 5.41) is 0. The van der Waals surface area contributed by atoms with Gasteiger partial charge in [0.05, 0.1) is 4.90 Å². The highest BCUT2D eigenvalue weighted by Crippen LogP contribution is 2.34. The summed E-state index contributed by atoms with van der Waals surface area (Å²) in [6, 6.07) is 4.03. The molecule has 5 heteroatoms. The standard InChI is InChI=1S/C11H15FO2S2.C2H6/c1-11(2,3)15-10-6-5-8(7-9(10)12)16(4,13)14;1-2/h5-7H,1-4H3;1-2H3. The molecule has 0 aliphatic heterocycles. The fraction of sp³-hybridized carbons (Fsp3) is 0.538. The van der Waals surface area contributed by atoms with Crippen molar-refractivity contribution < 1.29 is 12.8 Å². The molecule has 0 unspecified atom stereocenters. The van der Waals surface area contributed by atoms with Gasteiger partial charge in [-0.3, -0.25) is 0 Å². The minimum atomic E-state index is -3.34. The predicted octanol–water partition coefficient (Wildman–Crippen LogP) is 4.15. The first-order chi connectivity index (χ1) is 8.09. The summed E-state index contributed by atoms with van der Waals surface area (Å²) < 4.78 is 35.9. The average molecular weight is 292 g/mol. The normalized spacial score (nSPS) is 11.7. The highest BCUT2D eigenvalue weighted by Gasteiger charge is 2.17. The maximum Gasteiger partial charge on any atom is 0.175 e. The number of rotatable bonds is 2. The SMILES string of the molecule is CC.CC(C)(C)Sc1ccc(S(C)(=O)=O)cc1F. The summed E-state index contributed by atoms with van der Waals surface area (Å²) in [5.74, 6) is -0.483. The number of benzene rings is 1. The lowest BCUT2D eigenvalue weighted by molar-refractivity contribution is 0.585. The predicted molar refractivity (Wildman–Crippen MR) is 76.5 cm³/mol. The van der Waals surface area contributed by atoms with E-state index in [1.54, 1.807) is 0 Å². The van der Waals surface area contributed by atoms with E-state index in [1.807, 2.05) is 34.6 Å². The summed E-state index contributed by atoms with van der Waals surface area (Å²) in [7, 11) is -3.34. The first kappa shape index (κ1) is 17.4. The molecule has 0 saturated heterocycles. The van der Waals surface area contributed by atoms with Gasteiger partial charge in [-0.05, 0) is 18.2 Å². The van der Waals surface area contributed by atoms with Crippen molar-refractivity contribution in [3.05, 3.63) is 24.0 Å². The Bertz CT molecular complexity index is 488. The maximum absolute atomic E-state index is 13.6. The quantitative estimate of drug-likeness (QED) is 0.768. The lowest BCUT2D eigenvalue weighted by Gasteiger charge is -2.18. The van der Waals surface area contributed by atoms with E-state index in [0.29, 0.717) is 4.90 Å². The molecule has 0 saturated carbocycles. The summed E-state index contributed by atoms with van der Waals surface area (Å²) in [5.41, 5.74) is 0. The smallest absolute Gasteiger partial charge is 0.175 e. The van der Waals surface area contributed by atoms with Crippen LogP contribution >= 0.6 is 11.8 Å². The van der Waals surface area contributed by atoms with Crippen LogP contribution in [-0.4, -0.2) is 19.4 Å². The Kier molecular flexibility index (Phi) is 6.37. The van der Waals surface area contributed by atoms with Crippen molar-refractivity contribution in [2.24, 2.45) is 0 Å². The molecule has 0 heterocycles. The summed E-state index contributed by atoms with van der Waals surface area (Å²) >= 11 is 1.38. The van der Waals surface area contributed by atoms with Crippen molar-refractivity contribution in [2.75, 3.05) is 6.26 Å². The average Bonchev–Trinajstić information content (AvgIpc) is 2.20. The second-order valence-corrected chi connectivity index (χ2v) is 8.46. The van der Waals surface area contributed by atoms with Crippen molar-refractivity contribution >= 4 is 21.6 Å². The van der Waals surface area contributed by atoms with Gasteiger partial charge in [-0.2, -0.15) is 0 Å². The molecule has 0 amide bonds. The summed E-state index contributed by atoms with van der Waals surface area (Å²) in [6.07, 6.45) is 1.07. The third-order valence-electron chi connectivity index (χ3n) is 1.75. The molecule has 1 rings (SSSR count). The molecule has 0 aromatic heterocycles. The summed E-state index contributed by atoms with van der Waals surface area (Å²) in [6.45, 7) is 9.92. The molecular formula is C13H21FO2S2. The highest BCUT2D eigenvalue weighted by atomic mass is 32.2. The third-order valence-corrected chi connectivity index (χ3v) is 4.02. The molecule has 104 valence electrons. The fourth-order valence-electron chi connectivity index (χ4n) is 1.12. The minimum Gasteiger partial charge on any atom is -0.224 e. The van der Waals surface area contributed by atoms with Crippen molar-refractivity contribution in [2.45, 2.75) is 49.2 Å². The van der Waals surface area contributed by atoms with E-state index in [1.165, 1.54) is 23.9 Å². The second-order valence-electron chi connectivity index (χ2n) is 4.58. The van der Waals surface area contributed by atoms with E-state index in [4.69, 9.17) is 0 Å². The van der Waals surface area contributed by atoms with Crippen molar-refractivity contribution in [3.8, 4) is 0 Å². The van der Waals surface area contributed by atoms with E-state index in [-0.39, 0.29) is 9.64 Å². The van der Waals surface area contributed by atoms with E-state index in [9.17, 15) is 12.8 Å². The van der Waals surface area contributed by atoms with Gasteiger partial charge in [-0.15, -0.1) is 11.8 Å². The van der Waals surface area contributed by atoms with Crippen LogP contribution in [0.2, 0.25) is 0 Å². The van der Waals surface area contributed by atoms with Crippen molar-refractivity contribution in [1.82, 2.24) is 0 Å². The first-order valence-corrected chi connectivity index (χ1v) is 8.49. The molecule has 1 aromatic carbocycles. The largest absolute Gasteiger partial charge is 0.224 e. The Morgan fingerprint density at radius 3 is 2.00 bits per heavy atom. The molecular weight excluding hydrogens is 271 g/mol. The monoisotopic (exact) mass is 292 g/mol. The van der Waals surface area contributed by atoms with Crippen LogP contribution in [-0.2, 0) is 9.84 Å². The number of thioether (sulfide) groups is 1. The Labute approximate surface area is 114 Å². The van der Waals surface area contributed by atoms with E-state index >= 15 is 0 Å². The number of hydrogen-bond donors (Lipinski definition) is 0. The number of sulfone groups is 1. The molecule has 0 N–H and O–H groups in total.